The number of amides is 3. The molecule has 27 heavy (non-hydrogen) atoms. The second kappa shape index (κ2) is 7.61. The molecule has 3 amide bonds. The Bertz CT molecular complexity index is 843. The lowest BCUT2D eigenvalue weighted by Crippen LogP contribution is -2.48. The van der Waals surface area contributed by atoms with E-state index in [1.807, 2.05) is 0 Å². The molecule has 1 aromatic carbocycles. The number of benzene rings is 1. The Kier molecular flexibility index (Phi) is 5.59. The normalized spacial score (nSPS) is 19.2. The maximum Gasteiger partial charge on any atom is 0.289 e. The van der Waals surface area contributed by atoms with Crippen LogP contribution in [0.5, 0.6) is 0 Å². The number of hydrogen-bond donors (Lipinski definition) is 0. The number of thioether (sulfide) groups is 1. The van der Waals surface area contributed by atoms with Gasteiger partial charge in [-0.15, -0.1) is 0 Å². The fraction of sp³-hybridized carbons (Fsp3) is 0.471. The minimum Gasteiger partial charge on any atom is -0.338 e. The van der Waals surface area contributed by atoms with E-state index in [2.05, 4.69) is 0 Å². The Hall–Kier alpha value is -1.91. The van der Waals surface area contributed by atoms with Gasteiger partial charge in [-0.1, -0.05) is 11.8 Å². The van der Waals surface area contributed by atoms with Crippen LogP contribution in [0.25, 0.3) is 0 Å². The molecule has 0 aromatic heterocycles. The Morgan fingerprint density at radius 3 is 2.19 bits per heavy atom. The van der Waals surface area contributed by atoms with Gasteiger partial charge < -0.3 is 4.90 Å². The van der Waals surface area contributed by atoms with Crippen molar-refractivity contribution in [2.75, 3.05) is 32.9 Å². The molecular weight excluding hydrogens is 390 g/mol. The largest absolute Gasteiger partial charge is 0.338 e. The van der Waals surface area contributed by atoms with Gasteiger partial charge in [0.15, 0.2) is 0 Å². The molecule has 146 valence electrons. The van der Waals surface area contributed by atoms with Gasteiger partial charge in [0.05, 0.1) is 10.6 Å². The summed E-state index contributed by atoms with van der Waals surface area (Å²) in [5.41, 5.74) is 0.412. The summed E-state index contributed by atoms with van der Waals surface area (Å²) >= 11 is 1.02. The molecular formula is C17H21N3O5S2. The van der Waals surface area contributed by atoms with Gasteiger partial charge in [0.2, 0.25) is 15.9 Å². The number of likely N-dealkylation sites (tertiary alicyclic amines) is 1. The average Bonchev–Trinajstić information content (AvgIpc) is 2.99. The summed E-state index contributed by atoms with van der Waals surface area (Å²) < 4.78 is 25.3. The summed E-state index contributed by atoms with van der Waals surface area (Å²) in [7, 11) is -0.632. The number of nitrogens with zero attached hydrogens (tertiary/aromatic N) is 3. The van der Waals surface area contributed by atoms with Gasteiger partial charge in [0, 0.05) is 38.8 Å². The van der Waals surface area contributed by atoms with E-state index < -0.39 is 10.0 Å². The Morgan fingerprint density at radius 1 is 1.11 bits per heavy atom. The molecule has 10 heteroatoms. The molecule has 2 heterocycles. The van der Waals surface area contributed by atoms with Crippen molar-refractivity contribution in [1.29, 1.82) is 0 Å². The molecule has 2 saturated heterocycles. The lowest BCUT2D eigenvalue weighted by molar-refractivity contribution is -0.126. The number of rotatable bonds is 4. The van der Waals surface area contributed by atoms with Gasteiger partial charge in [-0.3, -0.25) is 19.3 Å². The Morgan fingerprint density at radius 2 is 1.70 bits per heavy atom. The van der Waals surface area contributed by atoms with Crippen LogP contribution in [0.15, 0.2) is 29.2 Å². The topological polar surface area (TPSA) is 95.1 Å². The van der Waals surface area contributed by atoms with E-state index in [0.29, 0.717) is 31.5 Å². The first kappa shape index (κ1) is 19.8. The highest BCUT2D eigenvalue weighted by Gasteiger charge is 2.38. The summed E-state index contributed by atoms with van der Waals surface area (Å²) in [6, 6.07) is 5.71. The van der Waals surface area contributed by atoms with E-state index >= 15 is 0 Å². The van der Waals surface area contributed by atoms with Crippen LogP contribution in [0.1, 0.15) is 23.2 Å². The lowest BCUT2D eigenvalue weighted by atomic mass is 10.0. The van der Waals surface area contributed by atoms with Gasteiger partial charge in [0.1, 0.15) is 0 Å². The first-order valence-corrected chi connectivity index (χ1v) is 10.9. The second-order valence-corrected chi connectivity index (χ2v) is 9.73. The van der Waals surface area contributed by atoms with Gasteiger partial charge in [0.25, 0.3) is 11.1 Å². The van der Waals surface area contributed by atoms with Crippen molar-refractivity contribution in [3.63, 3.8) is 0 Å². The Balaban J connectivity index is 1.64. The summed E-state index contributed by atoms with van der Waals surface area (Å²) in [4.78, 5) is 39.4. The highest BCUT2D eigenvalue weighted by molar-refractivity contribution is 8.14. The minimum atomic E-state index is -3.53. The third-order valence-electron chi connectivity index (χ3n) is 4.78. The molecule has 0 saturated carbocycles. The molecule has 2 aliphatic heterocycles. The number of sulfonamides is 1. The fourth-order valence-electron chi connectivity index (χ4n) is 3.21. The number of carbonyl (C=O) groups is 3. The SMILES string of the molecule is CN(C)S(=O)(=O)c1ccc(C(=O)N2CCC(N3C(=O)CSC3=O)CC2)cc1. The van der Waals surface area contributed by atoms with Crippen LogP contribution < -0.4 is 0 Å². The van der Waals surface area contributed by atoms with Crippen LogP contribution in [0.3, 0.4) is 0 Å². The van der Waals surface area contributed by atoms with Crippen molar-refractivity contribution in [1.82, 2.24) is 14.1 Å². The van der Waals surface area contributed by atoms with E-state index in [9.17, 15) is 22.8 Å². The lowest BCUT2D eigenvalue weighted by Gasteiger charge is -2.35. The van der Waals surface area contributed by atoms with Crippen LogP contribution in [-0.4, -0.2) is 78.6 Å². The minimum absolute atomic E-state index is 0.131. The maximum atomic E-state index is 12.7. The van der Waals surface area contributed by atoms with E-state index in [0.717, 1.165) is 16.1 Å². The van der Waals surface area contributed by atoms with E-state index in [1.165, 1.54) is 43.3 Å². The van der Waals surface area contributed by atoms with Crippen LogP contribution >= 0.6 is 11.8 Å². The molecule has 2 fully saturated rings. The molecule has 0 spiro atoms. The zero-order valence-corrected chi connectivity index (χ0v) is 16.8. The molecule has 0 radical (unpaired) electrons. The van der Waals surface area contributed by atoms with Crippen molar-refractivity contribution < 1.29 is 22.8 Å². The van der Waals surface area contributed by atoms with E-state index in [1.54, 1.807) is 4.90 Å². The highest BCUT2D eigenvalue weighted by atomic mass is 32.2. The monoisotopic (exact) mass is 411 g/mol. The summed E-state index contributed by atoms with van der Waals surface area (Å²) in [5, 5.41) is -0.206. The summed E-state index contributed by atoms with van der Waals surface area (Å²) in [6.45, 7) is 0.895. The first-order valence-electron chi connectivity index (χ1n) is 8.52. The maximum absolute atomic E-state index is 12.7. The van der Waals surface area contributed by atoms with Crippen molar-refractivity contribution in [2.24, 2.45) is 0 Å². The predicted molar refractivity (Wildman–Crippen MR) is 101 cm³/mol. The zero-order chi connectivity index (χ0) is 19.8. The summed E-state index contributed by atoms with van der Waals surface area (Å²) in [6.07, 6.45) is 1.10. The fourth-order valence-corrected chi connectivity index (χ4v) is 4.88. The van der Waals surface area contributed by atoms with Crippen molar-refractivity contribution in [3.05, 3.63) is 29.8 Å². The molecule has 0 N–H and O–H groups in total. The van der Waals surface area contributed by atoms with Crippen LogP contribution in [0.4, 0.5) is 4.79 Å². The van der Waals surface area contributed by atoms with Crippen LogP contribution in [0.2, 0.25) is 0 Å². The van der Waals surface area contributed by atoms with Crippen molar-refractivity contribution in [2.45, 2.75) is 23.8 Å². The molecule has 0 aliphatic carbocycles. The Labute approximate surface area is 162 Å². The third kappa shape index (κ3) is 3.87. The van der Waals surface area contributed by atoms with Gasteiger partial charge >= 0.3 is 0 Å². The van der Waals surface area contributed by atoms with Crippen molar-refractivity contribution >= 4 is 38.8 Å². The standard InChI is InChI=1S/C17H21N3O5S2/c1-18(2)27(24,25)14-5-3-12(4-6-14)16(22)19-9-7-13(8-10-19)20-15(21)11-26-17(20)23/h3-6,13H,7-11H2,1-2H3. The van der Waals surface area contributed by atoms with Gasteiger partial charge in [-0.2, -0.15) is 0 Å². The highest BCUT2D eigenvalue weighted by Crippen LogP contribution is 2.27. The first-order chi connectivity index (χ1) is 12.7. The van der Waals surface area contributed by atoms with E-state index in [-0.39, 0.29) is 33.7 Å². The third-order valence-corrected chi connectivity index (χ3v) is 7.45. The molecule has 8 nitrogen and oxygen atoms in total. The second-order valence-electron chi connectivity index (χ2n) is 6.65. The number of piperidine rings is 1. The van der Waals surface area contributed by atoms with E-state index in [4.69, 9.17) is 0 Å². The van der Waals surface area contributed by atoms with Crippen LogP contribution in [0, 0.1) is 0 Å². The smallest absolute Gasteiger partial charge is 0.289 e. The molecule has 2 aliphatic rings. The van der Waals surface area contributed by atoms with Gasteiger partial charge in [-0.25, -0.2) is 12.7 Å². The summed E-state index contributed by atoms with van der Waals surface area (Å²) in [5.74, 6) is -0.150. The molecule has 3 rings (SSSR count). The van der Waals surface area contributed by atoms with Gasteiger partial charge in [-0.05, 0) is 37.1 Å². The molecule has 0 bridgehead atoms. The van der Waals surface area contributed by atoms with Crippen LogP contribution in [-0.2, 0) is 14.8 Å². The predicted octanol–water partition coefficient (Wildman–Crippen LogP) is 1.24. The molecule has 0 unspecified atom stereocenters. The van der Waals surface area contributed by atoms with Crippen molar-refractivity contribution in [3.8, 4) is 0 Å². The molecule has 0 atom stereocenters. The average molecular weight is 412 g/mol. The number of carbonyl (C=O) groups excluding carboxylic acids is 3. The zero-order valence-electron chi connectivity index (χ0n) is 15.1. The molecule has 1 aromatic rings. The number of imide groups is 1. The quantitative estimate of drug-likeness (QED) is 0.740. The number of hydrogen-bond acceptors (Lipinski definition) is 6.